The Hall–Kier alpha value is -2.47. The molecular weight excluding hydrogens is 345 g/mol. The highest BCUT2D eigenvalue weighted by Crippen LogP contribution is 2.19. The number of amides is 2. The van der Waals surface area contributed by atoms with Gasteiger partial charge in [0, 0.05) is 18.7 Å². The number of aryl methyl sites for hydroxylation is 3. The zero-order chi connectivity index (χ0) is 18.6. The molecule has 5 nitrogen and oxygen atoms in total. The van der Waals surface area contributed by atoms with Crippen molar-refractivity contribution in [2.45, 2.75) is 27.2 Å². The minimum Gasteiger partial charge on any atom is -0.351 e. The monoisotopic (exact) mass is 363 g/mol. The highest BCUT2D eigenvalue weighted by atomic mass is 35.5. The van der Waals surface area contributed by atoms with Crippen LogP contribution in [0.25, 0.3) is 0 Å². The first-order chi connectivity index (χ1) is 11.8. The molecule has 1 aromatic carbocycles. The fourth-order valence-corrected chi connectivity index (χ4v) is 2.73. The summed E-state index contributed by atoms with van der Waals surface area (Å²) in [6, 6.07) is 5.42. The Bertz CT molecular complexity index is 801. The number of hydrogen-bond acceptors (Lipinski definition) is 3. The Morgan fingerprint density at radius 1 is 1.20 bits per heavy atom. The van der Waals surface area contributed by atoms with Crippen LogP contribution in [0.1, 0.15) is 33.7 Å². The van der Waals surface area contributed by atoms with Crippen molar-refractivity contribution in [2.75, 3.05) is 11.9 Å². The number of halogens is 2. The van der Waals surface area contributed by atoms with Gasteiger partial charge in [-0.05, 0) is 50.6 Å². The summed E-state index contributed by atoms with van der Waals surface area (Å²) in [5.74, 6) is -1.21. The largest absolute Gasteiger partial charge is 0.351 e. The molecule has 2 N–H and O–H groups in total. The van der Waals surface area contributed by atoms with Crippen LogP contribution in [0, 0.1) is 26.6 Å². The molecule has 132 valence electrons. The maximum atomic E-state index is 13.0. The summed E-state index contributed by atoms with van der Waals surface area (Å²) in [5, 5.41) is 5.43. The summed E-state index contributed by atoms with van der Waals surface area (Å²) in [7, 11) is 0. The van der Waals surface area contributed by atoms with Crippen LogP contribution >= 0.6 is 11.6 Å². The van der Waals surface area contributed by atoms with E-state index in [0.29, 0.717) is 5.69 Å². The van der Waals surface area contributed by atoms with Crippen LogP contribution in [0.5, 0.6) is 0 Å². The molecule has 0 atom stereocenters. The Morgan fingerprint density at radius 2 is 1.92 bits per heavy atom. The van der Waals surface area contributed by atoms with Crippen molar-refractivity contribution in [3.05, 3.63) is 57.6 Å². The van der Waals surface area contributed by atoms with Gasteiger partial charge in [0.25, 0.3) is 5.91 Å². The van der Waals surface area contributed by atoms with Crippen LogP contribution in [0.4, 0.5) is 10.1 Å². The van der Waals surface area contributed by atoms with Gasteiger partial charge in [-0.3, -0.25) is 14.6 Å². The number of rotatable bonds is 5. The average Bonchev–Trinajstić information content (AvgIpc) is 2.50. The standard InChI is InChI=1S/C18H19ClFN3O2/c1-10-8-11(2)22-12(3)17(10)23-16(24)6-7-21-18(25)14-5-4-13(20)9-15(14)19/h4-5,8-9H,6-7H2,1-3H3,(H,21,25)(H,23,24). The minimum absolute atomic E-state index is 0.0268. The summed E-state index contributed by atoms with van der Waals surface area (Å²) < 4.78 is 13.0. The van der Waals surface area contributed by atoms with Crippen molar-refractivity contribution >= 4 is 29.1 Å². The van der Waals surface area contributed by atoms with Crippen LogP contribution in [0.15, 0.2) is 24.3 Å². The number of hydrogen-bond donors (Lipinski definition) is 2. The molecule has 0 spiro atoms. The second-order valence-corrected chi connectivity index (χ2v) is 6.13. The van der Waals surface area contributed by atoms with Gasteiger partial charge in [0.2, 0.25) is 5.91 Å². The predicted molar refractivity (Wildman–Crippen MR) is 95.4 cm³/mol. The van der Waals surface area contributed by atoms with Gasteiger partial charge in [0.15, 0.2) is 0 Å². The first kappa shape index (κ1) is 18.9. The van der Waals surface area contributed by atoms with Gasteiger partial charge in [-0.1, -0.05) is 11.6 Å². The number of anilines is 1. The van der Waals surface area contributed by atoms with Gasteiger partial charge in [-0.15, -0.1) is 0 Å². The van der Waals surface area contributed by atoms with Crippen molar-refractivity contribution in [3.8, 4) is 0 Å². The van der Waals surface area contributed by atoms with Gasteiger partial charge in [-0.2, -0.15) is 0 Å². The van der Waals surface area contributed by atoms with Crippen molar-refractivity contribution in [2.24, 2.45) is 0 Å². The third kappa shape index (κ3) is 5.00. The van der Waals surface area contributed by atoms with E-state index in [4.69, 9.17) is 11.6 Å². The zero-order valence-corrected chi connectivity index (χ0v) is 15.0. The Labute approximate surface area is 150 Å². The first-order valence-corrected chi connectivity index (χ1v) is 8.13. The maximum absolute atomic E-state index is 13.0. The van der Waals surface area contributed by atoms with Gasteiger partial charge in [-0.25, -0.2) is 4.39 Å². The molecular formula is C18H19ClFN3O2. The molecule has 7 heteroatoms. The SMILES string of the molecule is Cc1cc(C)c(NC(=O)CCNC(=O)c2ccc(F)cc2Cl)c(C)n1. The van der Waals surface area contributed by atoms with E-state index < -0.39 is 11.7 Å². The normalized spacial score (nSPS) is 10.4. The van der Waals surface area contributed by atoms with E-state index in [1.807, 2.05) is 26.8 Å². The molecule has 0 unspecified atom stereocenters. The molecule has 0 aliphatic rings. The van der Waals surface area contributed by atoms with Crippen molar-refractivity contribution in [3.63, 3.8) is 0 Å². The Balaban J connectivity index is 1.89. The molecule has 0 saturated carbocycles. The fraction of sp³-hybridized carbons (Fsp3) is 0.278. The number of carbonyl (C=O) groups excluding carboxylic acids is 2. The summed E-state index contributed by atoms with van der Waals surface area (Å²) in [6.07, 6.45) is 0.0946. The molecule has 2 amide bonds. The summed E-state index contributed by atoms with van der Waals surface area (Å²) in [6.45, 7) is 5.75. The second-order valence-electron chi connectivity index (χ2n) is 5.72. The number of carbonyl (C=O) groups is 2. The molecule has 0 aliphatic carbocycles. The van der Waals surface area contributed by atoms with Gasteiger partial charge < -0.3 is 10.6 Å². The highest BCUT2D eigenvalue weighted by molar-refractivity contribution is 6.33. The van der Waals surface area contributed by atoms with E-state index in [1.54, 1.807) is 0 Å². The van der Waals surface area contributed by atoms with Gasteiger partial charge in [0.05, 0.1) is 22.0 Å². The molecule has 0 aliphatic heterocycles. The molecule has 2 rings (SSSR count). The fourth-order valence-electron chi connectivity index (χ4n) is 2.47. The lowest BCUT2D eigenvalue weighted by Crippen LogP contribution is -2.28. The van der Waals surface area contributed by atoms with E-state index in [9.17, 15) is 14.0 Å². The second kappa shape index (κ2) is 8.07. The number of pyridine rings is 1. The van der Waals surface area contributed by atoms with Crippen LogP contribution in [0.3, 0.4) is 0 Å². The molecule has 2 aromatic rings. The topological polar surface area (TPSA) is 71.1 Å². The van der Waals surface area contributed by atoms with E-state index in [0.717, 1.165) is 29.1 Å². The Kier molecular flexibility index (Phi) is 6.09. The quantitative estimate of drug-likeness (QED) is 0.853. The van der Waals surface area contributed by atoms with Crippen LogP contribution in [-0.4, -0.2) is 23.3 Å². The first-order valence-electron chi connectivity index (χ1n) is 7.76. The van der Waals surface area contributed by atoms with E-state index in [1.165, 1.54) is 6.07 Å². The van der Waals surface area contributed by atoms with Crippen molar-refractivity contribution in [1.82, 2.24) is 10.3 Å². The third-order valence-corrected chi connectivity index (χ3v) is 3.92. The molecule has 0 saturated heterocycles. The van der Waals surface area contributed by atoms with Crippen molar-refractivity contribution < 1.29 is 14.0 Å². The Morgan fingerprint density at radius 3 is 2.56 bits per heavy atom. The minimum atomic E-state index is -0.515. The van der Waals surface area contributed by atoms with Crippen LogP contribution in [0.2, 0.25) is 5.02 Å². The van der Waals surface area contributed by atoms with Crippen LogP contribution < -0.4 is 10.6 Å². The number of aromatic nitrogens is 1. The average molecular weight is 364 g/mol. The molecule has 0 radical (unpaired) electrons. The van der Waals surface area contributed by atoms with Gasteiger partial charge >= 0.3 is 0 Å². The lowest BCUT2D eigenvalue weighted by atomic mass is 10.1. The lowest BCUT2D eigenvalue weighted by Gasteiger charge is -2.12. The van der Waals surface area contributed by atoms with E-state index in [-0.39, 0.29) is 29.5 Å². The van der Waals surface area contributed by atoms with E-state index >= 15 is 0 Å². The highest BCUT2D eigenvalue weighted by Gasteiger charge is 2.13. The molecule has 25 heavy (non-hydrogen) atoms. The predicted octanol–water partition coefficient (Wildman–Crippen LogP) is 3.56. The molecule has 1 aromatic heterocycles. The summed E-state index contributed by atoms with van der Waals surface area (Å²) in [4.78, 5) is 28.4. The molecule has 0 fully saturated rings. The summed E-state index contributed by atoms with van der Waals surface area (Å²) >= 11 is 5.83. The van der Waals surface area contributed by atoms with Crippen LogP contribution in [-0.2, 0) is 4.79 Å². The molecule has 0 bridgehead atoms. The van der Waals surface area contributed by atoms with E-state index in [2.05, 4.69) is 15.6 Å². The molecule has 1 heterocycles. The summed E-state index contributed by atoms with van der Waals surface area (Å²) in [5.41, 5.74) is 3.41. The third-order valence-electron chi connectivity index (χ3n) is 3.60. The number of nitrogens with zero attached hydrogens (tertiary/aromatic N) is 1. The number of benzene rings is 1. The zero-order valence-electron chi connectivity index (χ0n) is 14.2. The lowest BCUT2D eigenvalue weighted by molar-refractivity contribution is -0.116. The van der Waals surface area contributed by atoms with Crippen molar-refractivity contribution in [1.29, 1.82) is 0 Å². The number of nitrogens with one attached hydrogen (secondary N) is 2. The smallest absolute Gasteiger partial charge is 0.252 e. The van der Waals surface area contributed by atoms with Gasteiger partial charge in [0.1, 0.15) is 5.82 Å². The maximum Gasteiger partial charge on any atom is 0.252 e.